The molecule has 0 spiro atoms. The van der Waals surface area contributed by atoms with Crippen LogP contribution in [-0.2, 0) is 0 Å². The SMILES string of the molecule is CC(C)c1cccc(Nc2ccc(Cl)cc2C(N)=S)c1. The number of thiocarbonyl (C=S) groups is 1. The van der Waals surface area contributed by atoms with Crippen LogP contribution < -0.4 is 11.1 Å². The van der Waals surface area contributed by atoms with Crippen LogP contribution in [0.1, 0.15) is 30.9 Å². The molecule has 0 aliphatic rings. The highest BCUT2D eigenvalue weighted by molar-refractivity contribution is 7.80. The lowest BCUT2D eigenvalue weighted by Gasteiger charge is -2.13. The highest BCUT2D eigenvalue weighted by Crippen LogP contribution is 2.26. The van der Waals surface area contributed by atoms with Crippen LogP contribution in [0.5, 0.6) is 0 Å². The second-order valence-corrected chi connectivity index (χ2v) is 5.84. The van der Waals surface area contributed by atoms with Gasteiger partial charge in [-0.3, -0.25) is 0 Å². The molecule has 0 amide bonds. The molecule has 2 rings (SSSR count). The zero-order chi connectivity index (χ0) is 14.7. The highest BCUT2D eigenvalue weighted by Gasteiger charge is 2.07. The second-order valence-electron chi connectivity index (χ2n) is 4.96. The minimum atomic E-state index is 0.329. The predicted molar refractivity (Wildman–Crippen MR) is 91.2 cm³/mol. The van der Waals surface area contributed by atoms with Gasteiger partial charge in [0.25, 0.3) is 0 Å². The number of halogens is 1. The molecule has 4 heteroatoms. The Bertz CT molecular complexity index is 638. The maximum Gasteiger partial charge on any atom is 0.106 e. The number of nitrogens with two attached hydrogens (primary N) is 1. The first kappa shape index (κ1) is 14.8. The van der Waals surface area contributed by atoms with Gasteiger partial charge in [-0.25, -0.2) is 0 Å². The molecule has 2 aromatic carbocycles. The Balaban J connectivity index is 2.35. The van der Waals surface area contributed by atoms with E-state index in [1.165, 1.54) is 5.56 Å². The van der Waals surface area contributed by atoms with E-state index in [-0.39, 0.29) is 0 Å². The molecule has 0 unspecified atom stereocenters. The van der Waals surface area contributed by atoms with Crippen LogP contribution in [-0.4, -0.2) is 4.99 Å². The summed E-state index contributed by atoms with van der Waals surface area (Å²) in [5.74, 6) is 0.483. The smallest absolute Gasteiger partial charge is 0.106 e. The molecule has 2 nitrogen and oxygen atoms in total. The van der Waals surface area contributed by atoms with E-state index in [4.69, 9.17) is 29.6 Å². The fourth-order valence-electron chi connectivity index (χ4n) is 1.96. The first-order valence-corrected chi connectivity index (χ1v) is 7.22. The lowest BCUT2D eigenvalue weighted by Crippen LogP contribution is -2.12. The number of benzene rings is 2. The Morgan fingerprint density at radius 2 is 1.95 bits per heavy atom. The van der Waals surface area contributed by atoms with Gasteiger partial charge < -0.3 is 11.1 Å². The number of rotatable bonds is 4. The third-order valence-electron chi connectivity index (χ3n) is 3.08. The summed E-state index contributed by atoms with van der Waals surface area (Å²) in [7, 11) is 0. The van der Waals surface area contributed by atoms with Crippen molar-refractivity contribution in [2.24, 2.45) is 5.73 Å². The summed E-state index contributed by atoms with van der Waals surface area (Å²) < 4.78 is 0. The van der Waals surface area contributed by atoms with E-state index in [1.54, 1.807) is 6.07 Å². The normalized spacial score (nSPS) is 10.6. The van der Waals surface area contributed by atoms with E-state index in [0.29, 0.717) is 15.9 Å². The fourth-order valence-corrected chi connectivity index (χ4v) is 2.30. The van der Waals surface area contributed by atoms with Gasteiger partial charge in [0.15, 0.2) is 0 Å². The molecule has 0 radical (unpaired) electrons. The average molecular weight is 305 g/mol. The number of hydrogen-bond acceptors (Lipinski definition) is 2. The van der Waals surface area contributed by atoms with Crippen LogP contribution in [0.2, 0.25) is 5.02 Å². The van der Waals surface area contributed by atoms with Crippen molar-refractivity contribution >= 4 is 40.2 Å². The molecule has 0 saturated carbocycles. The zero-order valence-corrected chi connectivity index (χ0v) is 13.1. The Labute approximate surface area is 130 Å². The van der Waals surface area contributed by atoms with Crippen LogP contribution in [0.3, 0.4) is 0 Å². The van der Waals surface area contributed by atoms with Crippen molar-refractivity contribution in [1.82, 2.24) is 0 Å². The van der Waals surface area contributed by atoms with Gasteiger partial charge in [-0.1, -0.05) is 49.8 Å². The van der Waals surface area contributed by atoms with Gasteiger partial charge in [0.05, 0.1) is 0 Å². The Morgan fingerprint density at radius 3 is 2.60 bits per heavy atom. The van der Waals surface area contributed by atoms with E-state index in [0.717, 1.165) is 16.9 Å². The average Bonchev–Trinajstić information content (AvgIpc) is 2.41. The summed E-state index contributed by atoms with van der Waals surface area (Å²) in [5.41, 5.74) is 9.65. The van der Waals surface area contributed by atoms with Crippen LogP contribution in [0.25, 0.3) is 0 Å². The van der Waals surface area contributed by atoms with Gasteiger partial charge in [0.2, 0.25) is 0 Å². The summed E-state index contributed by atoms with van der Waals surface area (Å²) in [6.07, 6.45) is 0. The summed E-state index contributed by atoms with van der Waals surface area (Å²) >= 11 is 11.1. The molecule has 20 heavy (non-hydrogen) atoms. The van der Waals surface area contributed by atoms with Gasteiger partial charge in [0, 0.05) is 22.0 Å². The van der Waals surface area contributed by atoms with Crippen molar-refractivity contribution in [1.29, 1.82) is 0 Å². The molecule has 2 aromatic rings. The lowest BCUT2D eigenvalue weighted by molar-refractivity contribution is 0.867. The van der Waals surface area contributed by atoms with Gasteiger partial charge >= 0.3 is 0 Å². The monoisotopic (exact) mass is 304 g/mol. The number of nitrogens with one attached hydrogen (secondary N) is 1. The summed E-state index contributed by atoms with van der Waals surface area (Å²) in [6.45, 7) is 4.34. The molecule has 0 saturated heterocycles. The molecular formula is C16H17ClN2S. The first-order chi connectivity index (χ1) is 9.47. The molecule has 0 aliphatic carbocycles. The van der Waals surface area contributed by atoms with E-state index in [9.17, 15) is 0 Å². The third kappa shape index (κ3) is 3.50. The third-order valence-corrected chi connectivity index (χ3v) is 3.53. The van der Waals surface area contributed by atoms with Crippen molar-refractivity contribution in [3.63, 3.8) is 0 Å². The molecule has 0 aliphatic heterocycles. The molecule has 0 fully saturated rings. The van der Waals surface area contributed by atoms with Crippen LogP contribution in [0.15, 0.2) is 42.5 Å². The van der Waals surface area contributed by atoms with Crippen molar-refractivity contribution in [2.45, 2.75) is 19.8 Å². The van der Waals surface area contributed by atoms with Crippen molar-refractivity contribution in [2.75, 3.05) is 5.32 Å². The molecule has 3 N–H and O–H groups in total. The Morgan fingerprint density at radius 1 is 1.20 bits per heavy atom. The van der Waals surface area contributed by atoms with Gasteiger partial charge in [-0.15, -0.1) is 0 Å². The van der Waals surface area contributed by atoms with Crippen LogP contribution in [0, 0.1) is 0 Å². The van der Waals surface area contributed by atoms with E-state index in [2.05, 4.69) is 31.3 Å². The van der Waals surface area contributed by atoms with Crippen molar-refractivity contribution in [3.05, 3.63) is 58.6 Å². The lowest BCUT2D eigenvalue weighted by atomic mass is 10.0. The van der Waals surface area contributed by atoms with E-state index in [1.807, 2.05) is 24.3 Å². The van der Waals surface area contributed by atoms with Gasteiger partial charge in [-0.05, 0) is 41.8 Å². The second kappa shape index (κ2) is 6.25. The molecule has 0 bridgehead atoms. The quantitative estimate of drug-likeness (QED) is 0.794. The van der Waals surface area contributed by atoms with E-state index < -0.39 is 0 Å². The van der Waals surface area contributed by atoms with Gasteiger partial charge in [0.1, 0.15) is 4.99 Å². The predicted octanol–water partition coefficient (Wildman–Crippen LogP) is 4.84. The van der Waals surface area contributed by atoms with Crippen LogP contribution >= 0.6 is 23.8 Å². The topological polar surface area (TPSA) is 38.0 Å². The molecule has 104 valence electrons. The fraction of sp³-hybridized carbons (Fsp3) is 0.188. The minimum Gasteiger partial charge on any atom is -0.389 e. The Kier molecular flexibility index (Phi) is 4.63. The summed E-state index contributed by atoms with van der Waals surface area (Å²) in [6, 6.07) is 13.8. The standard InChI is InChI=1S/C16H17ClN2S/c1-10(2)11-4-3-5-13(8-11)19-15-7-6-12(17)9-14(15)16(18)20/h3-10,19H,1-2H3,(H2,18,20). The largest absolute Gasteiger partial charge is 0.389 e. The van der Waals surface area contributed by atoms with Crippen molar-refractivity contribution in [3.8, 4) is 0 Å². The minimum absolute atomic E-state index is 0.329. The molecule has 0 heterocycles. The zero-order valence-electron chi connectivity index (χ0n) is 11.5. The number of hydrogen-bond donors (Lipinski definition) is 2. The maximum atomic E-state index is 5.99. The maximum absolute atomic E-state index is 5.99. The highest BCUT2D eigenvalue weighted by atomic mass is 35.5. The van der Waals surface area contributed by atoms with Gasteiger partial charge in [-0.2, -0.15) is 0 Å². The van der Waals surface area contributed by atoms with Crippen molar-refractivity contribution < 1.29 is 0 Å². The first-order valence-electron chi connectivity index (χ1n) is 6.43. The molecule has 0 atom stereocenters. The summed E-state index contributed by atoms with van der Waals surface area (Å²) in [5, 5.41) is 3.97. The van der Waals surface area contributed by atoms with E-state index >= 15 is 0 Å². The molecular weight excluding hydrogens is 288 g/mol. The summed E-state index contributed by atoms with van der Waals surface area (Å²) in [4.78, 5) is 0.329. The Hall–Kier alpha value is -1.58. The van der Waals surface area contributed by atoms with Crippen LogP contribution in [0.4, 0.5) is 11.4 Å². The molecule has 0 aromatic heterocycles. The number of anilines is 2.